The van der Waals surface area contributed by atoms with Crippen LogP contribution in [0.15, 0.2) is 72.5 Å². The lowest BCUT2D eigenvalue weighted by Crippen LogP contribution is -2.38. The molecule has 0 bridgehead atoms. The number of rotatable bonds is 3. The Kier molecular flexibility index (Phi) is 8.16. The lowest BCUT2D eigenvalue weighted by Gasteiger charge is -2.18. The van der Waals surface area contributed by atoms with E-state index in [0.717, 1.165) is 42.9 Å². The highest BCUT2D eigenvalue weighted by atomic mass is 19.5. The van der Waals surface area contributed by atoms with Crippen LogP contribution in [0.2, 0.25) is 0 Å². The van der Waals surface area contributed by atoms with Crippen molar-refractivity contribution in [1.29, 1.82) is 0 Å². The highest BCUT2D eigenvalue weighted by Gasteiger charge is 2.20. The van der Waals surface area contributed by atoms with E-state index >= 15 is 0 Å². The number of ether oxygens (including phenoxy) is 1. The molecule has 2 aromatic carbocycles. The SMILES string of the molecule is F[B-](F)(F)F.Fc1ccc(C2=CC(=CC=[N+]3CCNCC3)OC(c3ccc(F)cc3)=C2)cc1. The monoisotopic (exact) mass is 466 g/mol. The predicted octanol–water partition coefficient (Wildman–Crippen LogP) is 5.29. The van der Waals surface area contributed by atoms with Crippen LogP contribution in [0.1, 0.15) is 11.1 Å². The highest BCUT2D eigenvalue weighted by Crippen LogP contribution is 2.31. The summed E-state index contributed by atoms with van der Waals surface area (Å²) in [6.45, 7) is 3.80. The van der Waals surface area contributed by atoms with Crippen molar-refractivity contribution in [2.75, 3.05) is 26.2 Å². The van der Waals surface area contributed by atoms with Gasteiger partial charge in [-0.2, -0.15) is 0 Å². The normalized spacial score (nSPS) is 17.4. The summed E-state index contributed by atoms with van der Waals surface area (Å²) in [5.41, 5.74) is 2.57. The third kappa shape index (κ3) is 8.30. The Morgan fingerprint density at radius 1 is 0.788 bits per heavy atom. The molecule has 0 atom stereocenters. The summed E-state index contributed by atoms with van der Waals surface area (Å²) in [6.07, 6.45) is 7.79. The number of halogens is 6. The molecular weight excluding hydrogens is 445 g/mol. The topological polar surface area (TPSA) is 24.3 Å². The van der Waals surface area contributed by atoms with Crippen LogP contribution >= 0.6 is 0 Å². The molecule has 0 aliphatic carbocycles. The van der Waals surface area contributed by atoms with E-state index in [0.29, 0.717) is 11.5 Å². The number of piperazine rings is 1. The van der Waals surface area contributed by atoms with Gasteiger partial charge in [0, 0.05) is 11.6 Å². The third-order valence-corrected chi connectivity index (χ3v) is 4.72. The number of allylic oxidation sites excluding steroid dienone is 4. The smallest absolute Gasteiger partial charge is 0.456 e. The summed E-state index contributed by atoms with van der Waals surface area (Å²) in [5.74, 6) is 0.737. The van der Waals surface area contributed by atoms with Crippen LogP contribution in [-0.2, 0) is 4.74 Å². The van der Waals surface area contributed by atoms with Gasteiger partial charge in [-0.15, -0.1) is 0 Å². The molecule has 2 aliphatic rings. The van der Waals surface area contributed by atoms with Crippen molar-refractivity contribution in [2.24, 2.45) is 0 Å². The van der Waals surface area contributed by atoms with Gasteiger partial charge in [-0.05, 0) is 59.7 Å². The molecule has 0 saturated carbocycles. The van der Waals surface area contributed by atoms with E-state index in [2.05, 4.69) is 9.89 Å². The van der Waals surface area contributed by atoms with Gasteiger partial charge in [0.05, 0.1) is 13.1 Å². The quantitative estimate of drug-likeness (QED) is 0.378. The van der Waals surface area contributed by atoms with Crippen LogP contribution in [0.25, 0.3) is 11.3 Å². The molecule has 2 heterocycles. The Bertz CT molecular complexity index is 1060. The Balaban J connectivity index is 0.000000555. The number of nitrogens with one attached hydrogen (secondary N) is 1. The van der Waals surface area contributed by atoms with Gasteiger partial charge in [-0.1, -0.05) is 12.1 Å². The Labute approximate surface area is 187 Å². The average Bonchev–Trinajstić information content (AvgIpc) is 2.78. The first-order valence-corrected chi connectivity index (χ1v) is 10.2. The molecule has 4 rings (SSSR count). The largest absolute Gasteiger partial charge is 0.673 e. The number of benzene rings is 2. The van der Waals surface area contributed by atoms with E-state index in [9.17, 15) is 26.0 Å². The number of hydrogen-bond acceptors (Lipinski definition) is 2. The van der Waals surface area contributed by atoms with Gasteiger partial charge in [0.25, 0.3) is 0 Å². The molecule has 10 heteroatoms. The van der Waals surface area contributed by atoms with Gasteiger partial charge in [0.15, 0.2) is 19.3 Å². The van der Waals surface area contributed by atoms with Gasteiger partial charge in [-0.25, -0.2) is 13.4 Å². The van der Waals surface area contributed by atoms with E-state index in [1.165, 1.54) is 24.3 Å². The first-order valence-electron chi connectivity index (χ1n) is 10.2. The Hall–Kier alpha value is -3.27. The van der Waals surface area contributed by atoms with E-state index < -0.39 is 7.25 Å². The Morgan fingerprint density at radius 3 is 1.85 bits per heavy atom. The molecule has 0 spiro atoms. The summed E-state index contributed by atoms with van der Waals surface area (Å²) in [4.78, 5) is 0. The van der Waals surface area contributed by atoms with E-state index in [4.69, 9.17) is 4.74 Å². The molecule has 2 aliphatic heterocycles. The zero-order chi connectivity index (χ0) is 23.8. The van der Waals surface area contributed by atoms with Crippen molar-refractivity contribution in [1.82, 2.24) is 5.32 Å². The molecule has 1 N–H and O–H groups in total. The maximum atomic E-state index is 13.3. The first kappa shape index (κ1) is 24.4. The van der Waals surface area contributed by atoms with E-state index in [1.807, 2.05) is 24.4 Å². The summed E-state index contributed by atoms with van der Waals surface area (Å²) in [5, 5.41) is 3.32. The van der Waals surface area contributed by atoms with Crippen LogP contribution in [0.3, 0.4) is 0 Å². The van der Waals surface area contributed by atoms with Crippen LogP contribution in [0.4, 0.5) is 26.0 Å². The zero-order valence-electron chi connectivity index (χ0n) is 17.5. The summed E-state index contributed by atoms with van der Waals surface area (Å²) >= 11 is 0. The standard InChI is InChI=1S/C23H21F2N2O.BF4/c24-20-5-1-17(2-6-20)19-15-22(9-12-27-13-10-26-11-14-27)28-23(16-19)18-3-7-21(25)8-4-18;2-1(3,4)5/h1-9,12,15-16,26H,10-11,13-14H2;/q+1;-1. The van der Waals surface area contributed by atoms with E-state index in [-0.39, 0.29) is 11.6 Å². The van der Waals surface area contributed by atoms with Gasteiger partial charge in [0.1, 0.15) is 23.2 Å². The molecular formula is C23H21BF6N2O. The second kappa shape index (κ2) is 11.0. The van der Waals surface area contributed by atoms with E-state index in [1.54, 1.807) is 24.3 Å². The van der Waals surface area contributed by atoms with Crippen molar-refractivity contribution in [3.8, 4) is 0 Å². The fraction of sp³-hybridized carbons (Fsp3) is 0.174. The molecule has 1 fully saturated rings. The second-order valence-corrected chi connectivity index (χ2v) is 7.22. The minimum Gasteiger partial charge on any atom is -0.456 e. The van der Waals surface area contributed by atoms with Crippen molar-refractivity contribution in [3.05, 3.63) is 95.3 Å². The minimum atomic E-state index is -6.00. The maximum absolute atomic E-state index is 13.3. The zero-order valence-corrected chi connectivity index (χ0v) is 17.5. The fourth-order valence-electron chi connectivity index (χ4n) is 3.18. The fourth-order valence-corrected chi connectivity index (χ4v) is 3.18. The average molecular weight is 466 g/mol. The minimum absolute atomic E-state index is 0.276. The molecule has 0 unspecified atom stereocenters. The molecule has 0 aromatic heterocycles. The van der Waals surface area contributed by atoms with Gasteiger partial charge >= 0.3 is 7.25 Å². The lowest BCUT2D eigenvalue weighted by atomic mass is 10.0. The number of nitrogens with zero attached hydrogens (tertiary/aromatic N) is 1. The van der Waals surface area contributed by atoms with Gasteiger partial charge in [0.2, 0.25) is 0 Å². The van der Waals surface area contributed by atoms with Crippen molar-refractivity contribution in [3.63, 3.8) is 0 Å². The van der Waals surface area contributed by atoms with Crippen molar-refractivity contribution >= 4 is 24.8 Å². The molecule has 2 aromatic rings. The summed E-state index contributed by atoms with van der Waals surface area (Å²) < 4.78 is 73.9. The predicted molar refractivity (Wildman–Crippen MR) is 117 cm³/mol. The third-order valence-electron chi connectivity index (χ3n) is 4.72. The molecule has 0 radical (unpaired) electrons. The van der Waals surface area contributed by atoms with Crippen molar-refractivity contribution in [2.45, 2.75) is 0 Å². The number of hydrogen-bond donors (Lipinski definition) is 1. The van der Waals surface area contributed by atoms with Crippen molar-refractivity contribution < 1.29 is 35.4 Å². The van der Waals surface area contributed by atoms with Crippen LogP contribution < -0.4 is 5.32 Å². The molecule has 174 valence electrons. The molecule has 0 amide bonds. The maximum Gasteiger partial charge on any atom is 0.673 e. The van der Waals surface area contributed by atoms with Crippen LogP contribution in [0.5, 0.6) is 0 Å². The van der Waals surface area contributed by atoms with Crippen LogP contribution in [0, 0.1) is 11.6 Å². The first-order chi connectivity index (χ1) is 15.7. The van der Waals surface area contributed by atoms with Crippen LogP contribution in [-0.4, -0.2) is 44.2 Å². The highest BCUT2D eigenvalue weighted by molar-refractivity contribution is 6.50. The molecule has 1 saturated heterocycles. The van der Waals surface area contributed by atoms with Gasteiger partial charge in [-0.3, -0.25) is 0 Å². The molecule has 3 nitrogen and oxygen atoms in total. The Morgan fingerprint density at radius 2 is 1.30 bits per heavy atom. The lowest BCUT2D eigenvalue weighted by molar-refractivity contribution is -0.527. The second-order valence-electron chi connectivity index (χ2n) is 7.22. The van der Waals surface area contributed by atoms with Gasteiger partial charge < -0.3 is 27.3 Å². The summed E-state index contributed by atoms with van der Waals surface area (Å²) in [6, 6.07) is 12.5. The summed E-state index contributed by atoms with van der Waals surface area (Å²) in [7, 11) is -6.00. The molecule has 33 heavy (non-hydrogen) atoms.